The summed E-state index contributed by atoms with van der Waals surface area (Å²) in [7, 11) is 5.35. The zero-order chi connectivity index (χ0) is 10.9. The lowest BCUT2D eigenvalue weighted by molar-refractivity contribution is 0.645. The Labute approximate surface area is 83.2 Å². The Morgan fingerprint density at radius 2 is 2.14 bits per heavy atom. The summed E-state index contributed by atoms with van der Waals surface area (Å²) in [4.78, 5) is 17.6. The van der Waals surface area contributed by atoms with Crippen molar-refractivity contribution in [2.75, 3.05) is 19.0 Å². The third kappa shape index (κ3) is 1.93. The van der Waals surface area contributed by atoms with Crippen LogP contribution in [0.5, 0.6) is 0 Å². The standard InChI is InChI=1S/C9H16N4O/c1-6(10)9-11-7(12(2)3)5-8(14)13(9)4/h5-6H,10H2,1-4H3. The Balaban J connectivity index is 3.36. The van der Waals surface area contributed by atoms with Gasteiger partial charge in [-0.25, -0.2) is 4.98 Å². The Kier molecular flexibility index (Phi) is 2.90. The van der Waals surface area contributed by atoms with Crippen LogP contribution in [0.1, 0.15) is 18.8 Å². The van der Waals surface area contributed by atoms with Crippen molar-refractivity contribution in [3.05, 3.63) is 22.2 Å². The first-order chi connectivity index (χ1) is 6.43. The topological polar surface area (TPSA) is 64.2 Å². The van der Waals surface area contributed by atoms with E-state index in [9.17, 15) is 4.79 Å². The highest BCUT2D eigenvalue weighted by atomic mass is 16.1. The SMILES string of the molecule is CC(N)c1nc(N(C)C)cc(=O)n1C. The molecule has 0 spiro atoms. The molecule has 1 rings (SSSR count). The van der Waals surface area contributed by atoms with Gasteiger partial charge in [-0.3, -0.25) is 9.36 Å². The molecular weight excluding hydrogens is 180 g/mol. The molecule has 0 aliphatic heterocycles. The first-order valence-corrected chi connectivity index (χ1v) is 4.44. The number of hydrogen-bond donors (Lipinski definition) is 1. The fraction of sp³-hybridized carbons (Fsp3) is 0.556. The van der Waals surface area contributed by atoms with Crippen LogP contribution in [0.4, 0.5) is 5.82 Å². The maximum absolute atomic E-state index is 11.5. The van der Waals surface area contributed by atoms with E-state index in [-0.39, 0.29) is 11.6 Å². The minimum atomic E-state index is -0.243. The van der Waals surface area contributed by atoms with Crippen molar-refractivity contribution in [3.63, 3.8) is 0 Å². The lowest BCUT2D eigenvalue weighted by Gasteiger charge is -2.16. The van der Waals surface area contributed by atoms with Crippen LogP contribution in [-0.4, -0.2) is 23.6 Å². The van der Waals surface area contributed by atoms with E-state index in [2.05, 4.69) is 4.98 Å². The predicted octanol–water partition coefficient (Wildman–Crippen LogP) is -0.134. The van der Waals surface area contributed by atoms with E-state index in [1.165, 1.54) is 10.6 Å². The van der Waals surface area contributed by atoms with Gasteiger partial charge in [-0.2, -0.15) is 0 Å². The molecule has 0 amide bonds. The van der Waals surface area contributed by atoms with Gasteiger partial charge in [0.25, 0.3) is 5.56 Å². The van der Waals surface area contributed by atoms with E-state index in [4.69, 9.17) is 5.73 Å². The van der Waals surface area contributed by atoms with Crippen molar-refractivity contribution in [1.29, 1.82) is 0 Å². The van der Waals surface area contributed by atoms with Gasteiger partial charge in [0.2, 0.25) is 0 Å². The van der Waals surface area contributed by atoms with Gasteiger partial charge in [0.15, 0.2) is 0 Å². The molecule has 0 aliphatic carbocycles. The summed E-state index contributed by atoms with van der Waals surface area (Å²) in [5.41, 5.74) is 5.62. The number of hydrogen-bond acceptors (Lipinski definition) is 4. The normalized spacial score (nSPS) is 12.6. The number of aromatic nitrogens is 2. The highest BCUT2D eigenvalue weighted by Gasteiger charge is 2.09. The number of rotatable bonds is 2. The van der Waals surface area contributed by atoms with Gasteiger partial charge in [-0.05, 0) is 6.92 Å². The largest absolute Gasteiger partial charge is 0.363 e. The lowest BCUT2D eigenvalue weighted by atomic mass is 10.3. The van der Waals surface area contributed by atoms with Gasteiger partial charge in [-0.15, -0.1) is 0 Å². The van der Waals surface area contributed by atoms with Crippen molar-refractivity contribution in [2.24, 2.45) is 12.8 Å². The Hall–Kier alpha value is -1.36. The smallest absolute Gasteiger partial charge is 0.255 e. The average molecular weight is 196 g/mol. The summed E-state index contributed by atoms with van der Waals surface area (Å²) in [5, 5.41) is 0. The zero-order valence-electron chi connectivity index (χ0n) is 8.98. The van der Waals surface area contributed by atoms with Gasteiger partial charge in [0.05, 0.1) is 6.04 Å². The molecule has 1 unspecified atom stereocenters. The minimum absolute atomic E-state index is 0.0870. The van der Waals surface area contributed by atoms with E-state index >= 15 is 0 Å². The molecule has 2 N–H and O–H groups in total. The van der Waals surface area contributed by atoms with Crippen LogP contribution < -0.4 is 16.2 Å². The van der Waals surface area contributed by atoms with Crippen molar-refractivity contribution in [1.82, 2.24) is 9.55 Å². The van der Waals surface area contributed by atoms with Crippen molar-refractivity contribution < 1.29 is 0 Å². The van der Waals surface area contributed by atoms with Gasteiger partial charge in [-0.1, -0.05) is 0 Å². The van der Waals surface area contributed by atoms with E-state index in [1.807, 2.05) is 14.1 Å². The monoisotopic (exact) mass is 196 g/mol. The summed E-state index contributed by atoms with van der Waals surface area (Å²) >= 11 is 0. The van der Waals surface area contributed by atoms with Crippen LogP contribution in [-0.2, 0) is 7.05 Å². The quantitative estimate of drug-likeness (QED) is 0.715. The molecule has 0 saturated heterocycles. The number of nitrogens with zero attached hydrogens (tertiary/aromatic N) is 3. The second-order valence-electron chi connectivity index (χ2n) is 3.55. The number of nitrogens with two attached hydrogens (primary N) is 1. The first kappa shape index (κ1) is 10.7. The van der Waals surface area contributed by atoms with Gasteiger partial charge in [0, 0.05) is 27.2 Å². The van der Waals surface area contributed by atoms with E-state index in [0.29, 0.717) is 11.6 Å². The summed E-state index contributed by atoms with van der Waals surface area (Å²) < 4.78 is 1.47. The predicted molar refractivity (Wildman–Crippen MR) is 56.4 cm³/mol. The molecule has 0 bridgehead atoms. The van der Waals surface area contributed by atoms with Crippen LogP contribution in [0.3, 0.4) is 0 Å². The Morgan fingerprint density at radius 3 is 2.57 bits per heavy atom. The summed E-state index contributed by atoms with van der Waals surface area (Å²) in [5.74, 6) is 1.24. The second-order valence-corrected chi connectivity index (χ2v) is 3.55. The third-order valence-electron chi connectivity index (χ3n) is 2.02. The Bertz CT molecular complexity index is 381. The molecule has 0 radical (unpaired) electrons. The summed E-state index contributed by atoms with van der Waals surface area (Å²) in [6, 6.07) is 1.25. The molecule has 1 aromatic heterocycles. The van der Waals surface area contributed by atoms with E-state index < -0.39 is 0 Å². The van der Waals surface area contributed by atoms with E-state index in [1.54, 1.807) is 18.9 Å². The molecule has 0 aromatic carbocycles. The minimum Gasteiger partial charge on any atom is -0.363 e. The van der Waals surface area contributed by atoms with Gasteiger partial charge in [0.1, 0.15) is 11.6 Å². The second kappa shape index (κ2) is 3.79. The fourth-order valence-corrected chi connectivity index (χ4v) is 1.18. The molecule has 5 nitrogen and oxygen atoms in total. The highest BCUT2D eigenvalue weighted by Crippen LogP contribution is 2.08. The zero-order valence-corrected chi connectivity index (χ0v) is 8.98. The highest BCUT2D eigenvalue weighted by molar-refractivity contribution is 5.35. The maximum Gasteiger partial charge on any atom is 0.255 e. The molecule has 1 aromatic rings. The van der Waals surface area contributed by atoms with Crippen LogP contribution in [0.25, 0.3) is 0 Å². The van der Waals surface area contributed by atoms with Crippen molar-refractivity contribution in [3.8, 4) is 0 Å². The maximum atomic E-state index is 11.5. The molecule has 1 heterocycles. The van der Waals surface area contributed by atoms with Crippen LogP contribution >= 0.6 is 0 Å². The summed E-state index contributed by atoms with van der Waals surface area (Å²) in [6.45, 7) is 1.81. The number of anilines is 1. The molecule has 14 heavy (non-hydrogen) atoms. The van der Waals surface area contributed by atoms with Crippen LogP contribution in [0, 0.1) is 0 Å². The molecule has 1 atom stereocenters. The molecule has 78 valence electrons. The fourth-order valence-electron chi connectivity index (χ4n) is 1.18. The molecule has 5 heteroatoms. The molecular formula is C9H16N4O. The molecule has 0 fully saturated rings. The molecule has 0 aliphatic rings. The van der Waals surface area contributed by atoms with Gasteiger partial charge < -0.3 is 10.6 Å². The lowest BCUT2D eigenvalue weighted by Crippen LogP contribution is -2.27. The Morgan fingerprint density at radius 1 is 1.57 bits per heavy atom. The van der Waals surface area contributed by atoms with Crippen LogP contribution in [0.2, 0.25) is 0 Å². The third-order valence-corrected chi connectivity index (χ3v) is 2.02. The summed E-state index contributed by atoms with van der Waals surface area (Å²) in [6.07, 6.45) is 0. The van der Waals surface area contributed by atoms with Crippen LogP contribution in [0.15, 0.2) is 10.9 Å². The van der Waals surface area contributed by atoms with Crippen molar-refractivity contribution in [2.45, 2.75) is 13.0 Å². The molecule has 0 saturated carbocycles. The first-order valence-electron chi connectivity index (χ1n) is 4.44. The van der Waals surface area contributed by atoms with Crippen molar-refractivity contribution >= 4 is 5.82 Å². The van der Waals surface area contributed by atoms with Gasteiger partial charge >= 0.3 is 0 Å². The average Bonchev–Trinajstić information content (AvgIpc) is 2.08. The van der Waals surface area contributed by atoms with E-state index in [0.717, 1.165) is 0 Å².